The lowest BCUT2D eigenvalue weighted by Gasteiger charge is -2.34. The molecule has 2 atom stereocenters. The van der Waals surface area contributed by atoms with Gasteiger partial charge in [0.05, 0.1) is 5.69 Å². The Hall–Kier alpha value is -1.55. The van der Waals surface area contributed by atoms with Gasteiger partial charge in [0.1, 0.15) is 5.75 Å². The van der Waals surface area contributed by atoms with Gasteiger partial charge in [-0.15, -0.1) is 0 Å². The summed E-state index contributed by atoms with van der Waals surface area (Å²) < 4.78 is 5.66. The number of anilines is 1. The van der Waals surface area contributed by atoms with Crippen molar-refractivity contribution < 1.29 is 9.53 Å². The molecule has 0 aromatic heterocycles. The van der Waals surface area contributed by atoms with E-state index >= 15 is 0 Å². The third-order valence-corrected chi connectivity index (χ3v) is 3.58. The monoisotopic (exact) mass is 262 g/mol. The molecule has 0 aliphatic carbocycles. The zero-order chi connectivity index (χ0) is 14.0. The molecule has 1 heterocycles. The first kappa shape index (κ1) is 13.9. The minimum absolute atomic E-state index is 0.00705. The number of fused-ring (bicyclic) bond motifs is 1. The third-order valence-electron chi connectivity index (χ3n) is 3.58. The van der Waals surface area contributed by atoms with Crippen molar-refractivity contribution >= 4 is 11.6 Å². The van der Waals surface area contributed by atoms with Crippen LogP contribution in [0.4, 0.5) is 5.69 Å². The van der Waals surface area contributed by atoms with Crippen LogP contribution in [0.1, 0.15) is 32.8 Å². The molecule has 1 amide bonds. The van der Waals surface area contributed by atoms with Crippen LogP contribution in [0.25, 0.3) is 0 Å². The average molecular weight is 262 g/mol. The molecule has 2 unspecified atom stereocenters. The summed E-state index contributed by atoms with van der Waals surface area (Å²) in [5.41, 5.74) is 8.05. The summed E-state index contributed by atoms with van der Waals surface area (Å²) in [6, 6.07) is 6.01. The van der Waals surface area contributed by atoms with Crippen molar-refractivity contribution in [1.29, 1.82) is 0 Å². The van der Waals surface area contributed by atoms with Crippen LogP contribution in [0.15, 0.2) is 18.2 Å². The number of aryl methyl sites for hydroxylation is 1. The first-order chi connectivity index (χ1) is 9.06. The van der Waals surface area contributed by atoms with Crippen molar-refractivity contribution in [2.24, 2.45) is 5.73 Å². The minimum Gasteiger partial charge on any atom is -0.479 e. The second kappa shape index (κ2) is 5.61. The van der Waals surface area contributed by atoms with E-state index in [2.05, 4.69) is 6.92 Å². The van der Waals surface area contributed by atoms with Gasteiger partial charge in [-0.25, -0.2) is 0 Å². The van der Waals surface area contributed by atoms with E-state index in [-0.39, 0.29) is 11.9 Å². The molecule has 0 spiro atoms. The molecule has 104 valence electrons. The lowest BCUT2D eigenvalue weighted by atomic mass is 10.1. The van der Waals surface area contributed by atoms with Gasteiger partial charge < -0.3 is 15.4 Å². The van der Waals surface area contributed by atoms with Crippen LogP contribution in [0.5, 0.6) is 5.75 Å². The Morgan fingerprint density at radius 1 is 1.42 bits per heavy atom. The van der Waals surface area contributed by atoms with Gasteiger partial charge >= 0.3 is 0 Å². The van der Waals surface area contributed by atoms with Crippen molar-refractivity contribution in [1.82, 2.24) is 0 Å². The quantitative estimate of drug-likeness (QED) is 0.904. The molecular formula is C15H22N2O2. The number of nitrogens with zero attached hydrogens (tertiary/aromatic N) is 1. The first-order valence-electron chi connectivity index (χ1n) is 6.93. The largest absolute Gasteiger partial charge is 0.479 e. The Bertz CT molecular complexity index is 473. The van der Waals surface area contributed by atoms with Crippen LogP contribution in [0.3, 0.4) is 0 Å². The maximum absolute atomic E-state index is 12.3. The maximum Gasteiger partial charge on any atom is 0.267 e. The molecule has 4 heteroatoms. The summed E-state index contributed by atoms with van der Waals surface area (Å²) in [6.07, 6.45) is 1.34. The van der Waals surface area contributed by atoms with Gasteiger partial charge in [0.15, 0.2) is 6.10 Å². The molecular weight excluding hydrogens is 240 g/mol. The Balaban J connectivity index is 2.38. The number of hydrogen-bond donors (Lipinski definition) is 1. The van der Waals surface area contributed by atoms with Crippen LogP contribution in [0, 0.1) is 0 Å². The van der Waals surface area contributed by atoms with Crippen molar-refractivity contribution in [3.05, 3.63) is 23.8 Å². The number of hydrogen-bond acceptors (Lipinski definition) is 3. The van der Waals surface area contributed by atoms with Gasteiger partial charge in [0.25, 0.3) is 5.91 Å². The van der Waals surface area contributed by atoms with E-state index in [4.69, 9.17) is 10.5 Å². The molecule has 0 radical (unpaired) electrons. The number of carbonyl (C=O) groups excluding carboxylic acids is 1. The molecule has 0 fully saturated rings. The van der Waals surface area contributed by atoms with Gasteiger partial charge in [-0.1, -0.05) is 19.9 Å². The summed E-state index contributed by atoms with van der Waals surface area (Å²) in [5.74, 6) is 0.761. The molecule has 1 aromatic carbocycles. The van der Waals surface area contributed by atoms with Gasteiger partial charge in [-0.05, 0) is 37.5 Å². The Morgan fingerprint density at radius 2 is 2.16 bits per heavy atom. The molecule has 0 saturated heterocycles. The lowest BCUT2D eigenvalue weighted by molar-refractivity contribution is -0.125. The third kappa shape index (κ3) is 2.73. The molecule has 1 aliphatic rings. The Morgan fingerprint density at radius 3 is 2.79 bits per heavy atom. The predicted octanol–water partition coefficient (Wildman–Crippen LogP) is 2.10. The van der Waals surface area contributed by atoms with E-state index in [1.165, 1.54) is 5.56 Å². The van der Waals surface area contributed by atoms with Crippen LogP contribution in [0.2, 0.25) is 0 Å². The molecule has 0 saturated carbocycles. The van der Waals surface area contributed by atoms with Crippen LogP contribution in [-0.4, -0.2) is 24.6 Å². The van der Waals surface area contributed by atoms with E-state index in [0.717, 1.165) is 24.3 Å². The standard InChI is InChI=1S/C15H22N2O2/c1-4-11-6-7-14-13(8-11)17(9-12(16)5-2)15(18)10(3)19-14/h6-8,10,12H,4-5,9,16H2,1-3H3. The van der Waals surface area contributed by atoms with Crippen LogP contribution >= 0.6 is 0 Å². The van der Waals surface area contributed by atoms with Crippen LogP contribution in [-0.2, 0) is 11.2 Å². The SMILES string of the molecule is CCc1ccc2c(c1)N(CC(N)CC)C(=O)C(C)O2. The highest BCUT2D eigenvalue weighted by molar-refractivity contribution is 6.00. The Kier molecular flexibility index (Phi) is 4.10. The second-order valence-corrected chi connectivity index (χ2v) is 5.03. The van der Waals surface area contributed by atoms with Crippen LogP contribution < -0.4 is 15.4 Å². The normalized spacial score (nSPS) is 19.9. The van der Waals surface area contributed by atoms with Gasteiger partial charge in [-0.3, -0.25) is 4.79 Å². The highest BCUT2D eigenvalue weighted by atomic mass is 16.5. The number of ether oxygens (including phenoxy) is 1. The molecule has 1 aromatic rings. The highest BCUT2D eigenvalue weighted by Crippen LogP contribution is 2.35. The van der Waals surface area contributed by atoms with E-state index in [0.29, 0.717) is 6.54 Å². The fraction of sp³-hybridized carbons (Fsp3) is 0.533. The fourth-order valence-corrected chi connectivity index (χ4v) is 2.22. The van der Waals surface area contributed by atoms with E-state index in [1.807, 2.05) is 25.1 Å². The fourth-order valence-electron chi connectivity index (χ4n) is 2.22. The zero-order valence-corrected chi connectivity index (χ0v) is 11.8. The second-order valence-electron chi connectivity index (χ2n) is 5.03. The van der Waals surface area contributed by atoms with E-state index in [1.54, 1.807) is 11.8 Å². The first-order valence-corrected chi connectivity index (χ1v) is 6.93. The van der Waals surface area contributed by atoms with Crippen molar-refractivity contribution in [2.45, 2.75) is 45.8 Å². The van der Waals surface area contributed by atoms with Crippen molar-refractivity contribution in [3.8, 4) is 5.75 Å². The topological polar surface area (TPSA) is 55.6 Å². The van der Waals surface area contributed by atoms with E-state index in [9.17, 15) is 4.79 Å². The highest BCUT2D eigenvalue weighted by Gasteiger charge is 2.32. The molecule has 19 heavy (non-hydrogen) atoms. The molecule has 0 bridgehead atoms. The number of nitrogens with two attached hydrogens (primary N) is 1. The van der Waals surface area contributed by atoms with Crippen molar-refractivity contribution in [3.63, 3.8) is 0 Å². The minimum atomic E-state index is -0.441. The summed E-state index contributed by atoms with van der Waals surface area (Å²) in [7, 11) is 0. The average Bonchev–Trinajstić information content (AvgIpc) is 2.43. The summed E-state index contributed by atoms with van der Waals surface area (Å²) in [4.78, 5) is 14.1. The maximum atomic E-state index is 12.3. The summed E-state index contributed by atoms with van der Waals surface area (Å²) in [5, 5.41) is 0. The Labute approximate surface area is 114 Å². The van der Waals surface area contributed by atoms with Gasteiger partial charge in [0, 0.05) is 12.6 Å². The molecule has 4 nitrogen and oxygen atoms in total. The lowest BCUT2D eigenvalue weighted by Crippen LogP contribution is -2.49. The van der Waals surface area contributed by atoms with Gasteiger partial charge in [0.2, 0.25) is 0 Å². The summed E-state index contributed by atoms with van der Waals surface area (Å²) in [6.45, 7) is 6.45. The molecule has 2 N–H and O–H groups in total. The van der Waals surface area contributed by atoms with E-state index < -0.39 is 6.10 Å². The number of amides is 1. The molecule has 1 aliphatic heterocycles. The number of rotatable bonds is 4. The number of carbonyl (C=O) groups is 1. The van der Waals surface area contributed by atoms with Gasteiger partial charge in [-0.2, -0.15) is 0 Å². The predicted molar refractivity (Wildman–Crippen MR) is 76.5 cm³/mol. The molecule has 2 rings (SSSR count). The van der Waals surface area contributed by atoms with Crippen molar-refractivity contribution in [2.75, 3.05) is 11.4 Å². The zero-order valence-electron chi connectivity index (χ0n) is 11.8. The summed E-state index contributed by atoms with van der Waals surface area (Å²) >= 11 is 0. The smallest absolute Gasteiger partial charge is 0.267 e. The number of benzene rings is 1.